The zero-order valence-corrected chi connectivity index (χ0v) is 8.88. The molecule has 4 aliphatic carbocycles. The van der Waals surface area contributed by atoms with E-state index in [0.29, 0.717) is 17.8 Å². The lowest BCUT2D eigenvalue weighted by atomic mass is 9.49. The predicted octanol–water partition coefficient (Wildman–Crippen LogP) is 2.67. The van der Waals surface area contributed by atoms with E-state index < -0.39 is 6.86 Å². The molecule has 0 spiro atoms. The summed E-state index contributed by atoms with van der Waals surface area (Å²) in [4.78, 5) is 11.8. The van der Waals surface area contributed by atoms with Crippen molar-refractivity contribution in [2.45, 2.75) is 38.5 Å². The Labute approximate surface area is 89.2 Å². The number of esters is 1. The fourth-order valence-electron chi connectivity index (χ4n) is 4.56. The molecule has 0 aromatic carbocycles. The molecule has 15 heavy (non-hydrogen) atoms. The minimum absolute atomic E-state index is 0.260. The van der Waals surface area contributed by atoms with Crippen LogP contribution in [0.25, 0.3) is 0 Å². The van der Waals surface area contributed by atoms with Gasteiger partial charge >= 0.3 is 5.97 Å². The average molecular weight is 212 g/mol. The summed E-state index contributed by atoms with van der Waals surface area (Å²) in [6, 6.07) is 0. The Kier molecular flexibility index (Phi) is 2.05. The summed E-state index contributed by atoms with van der Waals surface area (Å²) in [6.45, 7) is -0.958. The molecule has 0 aliphatic heterocycles. The minimum Gasteiger partial charge on any atom is -0.433 e. The second-order valence-electron chi connectivity index (χ2n) is 5.74. The highest BCUT2D eigenvalue weighted by Crippen LogP contribution is 2.60. The van der Waals surface area contributed by atoms with E-state index in [-0.39, 0.29) is 11.4 Å². The Morgan fingerprint density at radius 3 is 2.00 bits per heavy atom. The van der Waals surface area contributed by atoms with Gasteiger partial charge in [0.1, 0.15) is 0 Å². The molecular weight excluding hydrogens is 195 g/mol. The number of carbonyl (C=O) groups is 1. The van der Waals surface area contributed by atoms with Crippen molar-refractivity contribution in [2.24, 2.45) is 23.2 Å². The van der Waals surface area contributed by atoms with Crippen LogP contribution in [0.4, 0.5) is 4.39 Å². The van der Waals surface area contributed by atoms with Crippen LogP contribution in [0.3, 0.4) is 0 Å². The van der Waals surface area contributed by atoms with Gasteiger partial charge in [-0.15, -0.1) is 0 Å². The monoisotopic (exact) mass is 212 g/mol. The van der Waals surface area contributed by atoms with Crippen molar-refractivity contribution >= 4 is 5.97 Å². The topological polar surface area (TPSA) is 26.3 Å². The van der Waals surface area contributed by atoms with Gasteiger partial charge in [-0.25, -0.2) is 4.39 Å². The molecule has 0 amide bonds. The van der Waals surface area contributed by atoms with Crippen LogP contribution in [0.5, 0.6) is 0 Å². The number of hydrogen-bond acceptors (Lipinski definition) is 2. The lowest BCUT2D eigenvalue weighted by Gasteiger charge is -2.55. The lowest BCUT2D eigenvalue weighted by molar-refractivity contribution is -0.175. The molecule has 3 heteroatoms. The van der Waals surface area contributed by atoms with Crippen molar-refractivity contribution in [3.05, 3.63) is 0 Å². The molecule has 0 unspecified atom stereocenters. The summed E-state index contributed by atoms with van der Waals surface area (Å²) in [5.41, 5.74) is -0.291. The summed E-state index contributed by atoms with van der Waals surface area (Å²) < 4.78 is 16.7. The normalized spacial score (nSPS) is 46.9. The molecule has 0 atom stereocenters. The molecule has 0 N–H and O–H groups in total. The molecule has 0 radical (unpaired) electrons. The maximum atomic E-state index is 12.1. The van der Waals surface area contributed by atoms with Crippen molar-refractivity contribution in [3.8, 4) is 0 Å². The molecule has 84 valence electrons. The number of rotatable bonds is 2. The summed E-state index contributed by atoms with van der Waals surface area (Å²) in [5, 5.41) is 0. The number of carbonyl (C=O) groups excluding carboxylic acids is 1. The van der Waals surface area contributed by atoms with E-state index in [2.05, 4.69) is 4.74 Å². The fraction of sp³-hybridized carbons (Fsp3) is 0.917. The summed E-state index contributed by atoms with van der Waals surface area (Å²) in [5.74, 6) is 1.87. The Hall–Kier alpha value is -0.600. The average Bonchev–Trinajstić information content (AvgIpc) is 2.15. The minimum atomic E-state index is -0.958. The standard InChI is InChI=1S/C12H17FO2/c13-7-15-11(14)12-4-8-1-9(5-12)3-10(2-8)6-12/h8-10H,1-7H2. The van der Waals surface area contributed by atoms with Crippen LogP contribution >= 0.6 is 0 Å². The van der Waals surface area contributed by atoms with Crippen molar-refractivity contribution in [1.82, 2.24) is 0 Å². The number of halogens is 1. The van der Waals surface area contributed by atoms with E-state index in [0.717, 1.165) is 19.3 Å². The molecule has 4 saturated carbocycles. The number of hydrogen-bond donors (Lipinski definition) is 0. The van der Waals surface area contributed by atoms with Crippen LogP contribution in [0.2, 0.25) is 0 Å². The summed E-state index contributed by atoms with van der Waals surface area (Å²) >= 11 is 0. The first kappa shape index (κ1) is 9.61. The first-order valence-corrected chi connectivity index (χ1v) is 5.95. The van der Waals surface area contributed by atoms with Crippen molar-refractivity contribution in [1.29, 1.82) is 0 Å². The third kappa shape index (κ3) is 1.39. The van der Waals surface area contributed by atoms with E-state index in [4.69, 9.17) is 0 Å². The van der Waals surface area contributed by atoms with E-state index >= 15 is 0 Å². The van der Waals surface area contributed by atoms with Gasteiger partial charge in [0.2, 0.25) is 6.86 Å². The molecule has 2 nitrogen and oxygen atoms in total. The smallest absolute Gasteiger partial charge is 0.314 e. The molecule has 4 rings (SSSR count). The van der Waals surface area contributed by atoms with Gasteiger partial charge in [0.15, 0.2) is 0 Å². The lowest BCUT2D eigenvalue weighted by Crippen LogP contribution is -2.50. The largest absolute Gasteiger partial charge is 0.433 e. The van der Waals surface area contributed by atoms with Gasteiger partial charge in [0.05, 0.1) is 5.41 Å². The molecule has 4 fully saturated rings. The highest BCUT2D eigenvalue weighted by atomic mass is 19.1. The molecule has 4 bridgehead atoms. The quantitative estimate of drug-likeness (QED) is 0.658. The first-order chi connectivity index (χ1) is 7.22. The summed E-state index contributed by atoms with van der Waals surface area (Å²) in [7, 11) is 0. The highest BCUT2D eigenvalue weighted by molar-refractivity contribution is 5.77. The van der Waals surface area contributed by atoms with Gasteiger partial charge in [-0.1, -0.05) is 0 Å². The Morgan fingerprint density at radius 2 is 1.60 bits per heavy atom. The van der Waals surface area contributed by atoms with Gasteiger partial charge in [0.25, 0.3) is 0 Å². The van der Waals surface area contributed by atoms with Gasteiger partial charge < -0.3 is 4.74 Å². The number of ether oxygens (including phenoxy) is 1. The molecule has 0 heterocycles. The SMILES string of the molecule is O=C(OCF)C12CC3CC(CC(C3)C1)C2. The molecule has 0 aromatic heterocycles. The third-order valence-corrected chi connectivity index (χ3v) is 4.66. The molecular formula is C12H17FO2. The summed E-state index contributed by atoms with van der Waals surface area (Å²) in [6.07, 6.45) is 6.75. The van der Waals surface area contributed by atoms with Crippen molar-refractivity contribution in [3.63, 3.8) is 0 Å². The van der Waals surface area contributed by atoms with Gasteiger partial charge in [-0.05, 0) is 56.3 Å². The van der Waals surface area contributed by atoms with Crippen LogP contribution in [0, 0.1) is 23.2 Å². The zero-order chi connectivity index (χ0) is 10.5. The Morgan fingerprint density at radius 1 is 1.13 bits per heavy atom. The van der Waals surface area contributed by atoms with Crippen molar-refractivity contribution < 1.29 is 13.9 Å². The first-order valence-electron chi connectivity index (χ1n) is 5.95. The van der Waals surface area contributed by atoms with E-state index in [1.165, 1.54) is 19.3 Å². The number of alkyl halides is 1. The third-order valence-electron chi connectivity index (χ3n) is 4.66. The Bertz CT molecular complexity index is 252. The van der Waals surface area contributed by atoms with Crippen LogP contribution < -0.4 is 0 Å². The molecule has 0 aromatic rings. The second kappa shape index (κ2) is 3.19. The van der Waals surface area contributed by atoms with Crippen LogP contribution in [0.15, 0.2) is 0 Å². The molecule has 0 saturated heterocycles. The fourth-order valence-corrected chi connectivity index (χ4v) is 4.56. The van der Waals surface area contributed by atoms with Gasteiger partial charge in [0, 0.05) is 0 Å². The maximum Gasteiger partial charge on any atom is 0.314 e. The van der Waals surface area contributed by atoms with Crippen LogP contribution in [-0.4, -0.2) is 12.8 Å². The van der Waals surface area contributed by atoms with E-state index in [1.807, 2.05) is 0 Å². The Balaban J connectivity index is 1.83. The highest BCUT2D eigenvalue weighted by Gasteiger charge is 2.55. The second-order valence-corrected chi connectivity index (χ2v) is 5.74. The molecule has 4 aliphatic rings. The van der Waals surface area contributed by atoms with E-state index in [1.54, 1.807) is 0 Å². The van der Waals surface area contributed by atoms with Gasteiger partial charge in [-0.2, -0.15) is 0 Å². The van der Waals surface area contributed by atoms with Crippen LogP contribution in [-0.2, 0) is 9.53 Å². The predicted molar refractivity (Wildman–Crippen MR) is 52.7 cm³/mol. The van der Waals surface area contributed by atoms with Crippen molar-refractivity contribution in [2.75, 3.05) is 6.86 Å². The van der Waals surface area contributed by atoms with Crippen LogP contribution in [0.1, 0.15) is 38.5 Å². The zero-order valence-electron chi connectivity index (χ0n) is 8.88. The maximum absolute atomic E-state index is 12.1. The van der Waals surface area contributed by atoms with E-state index in [9.17, 15) is 9.18 Å². The van der Waals surface area contributed by atoms with Gasteiger partial charge in [-0.3, -0.25) is 4.79 Å².